The van der Waals surface area contributed by atoms with Crippen LogP contribution in [0.1, 0.15) is 0 Å². The predicted molar refractivity (Wildman–Crippen MR) is 104 cm³/mol. The molecule has 0 bridgehead atoms. The number of aromatic nitrogens is 2. The molecule has 0 radical (unpaired) electrons. The summed E-state index contributed by atoms with van der Waals surface area (Å²) in [6, 6.07) is 20.5. The third kappa shape index (κ3) is 3.09. The van der Waals surface area contributed by atoms with Gasteiger partial charge in [-0.2, -0.15) is 12.4 Å². The maximum atomic E-state index is 12.9. The number of aromatic amines is 1. The molecule has 4 aromatic rings. The van der Waals surface area contributed by atoms with E-state index in [1.807, 2.05) is 60.7 Å². The first kappa shape index (κ1) is 17.3. The van der Waals surface area contributed by atoms with Gasteiger partial charge in [0.2, 0.25) is 5.88 Å². The maximum Gasteiger partial charge on any atom is 0.342 e. The van der Waals surface area contributed by atoms with Crippen LogP contribution in [0.2, 0.25) is 0 Å². The van der Waals surface area contributed by atoms with Gasteiger partial charge in [0.05, 0.1) is 6.20 Å². The van der Waals surface area contributed by atoms with Gasteiger partial charge in [-0.05, 0) is 17.2 Å². The summed E-state index contributed by atoms with van der Waals surface area (Å²) in [4.78, 5) is 14.7. The molecule has 0 saturated heterocycles. The molecule has 8 heteroatoms. The fourth-order valence-corrected chi connectivity index (χ4v) is 5.57. The van der Waals surface area contributed by atoms with Gasteiger partial charge in [-0.25, -0.2) is 4.79 Å². The molecule has 0 fully saturated rings. The van der Waals surface area contributed by atoms with Crippen molar-refractivity contribution in [2.45, 2.75) is 4.21 Å². The topological polar surface area (TPSA) is 92.2 Å². The number of imidazole rings is 1. The molecule has 0 atom stereocenters. The smallest absolute Gasteiger partial charge is 0.342 e. The van der Waals surface area contributed by atoms with Crippen molar-refractivity contribution >= 4 is 21.4 Å². The van der Waals surface area contributed by atoms with Crippen molar-refractivity contribution in [1.82, 2.24) is 8.96 Å². The second-order valence-corrected chi connectivity index (χ2v) is 8.88. The van der Waals surface area contributed by atoms with Gasteiger partial charge in [0.25, 0.3) is 10.0 Å². The number of benzene rings is 2. The molecule has 2 aromatic carbocycles. The largest absolute Gasteiger partial charge is 0.493 e. The Morgan fingerprint density at radius 3 is 2.07 bits per heavy atom. The zero-order chi connectivity index (χ0) is 19.0. The lowest BCUT2D eigenvalue weighted by molar-refractivity contribution is 0.455. The number of thiophene rings is 1. The number of rotatable bonds is 4. The van der Waals surface area contributed by atoms with Crippen molar-refractivity contribution in [2.24, 2.45) is 0 Å². The summed E-state index contributed by atoms with van der Waals surface area (Å²) < 4.78 is 26.4. The van der Waals surface area contributed by atoms with E-state index in [0.29, 0.717) is 3.97 Å². The Labute approximate surface area is 159 Å². The number of aromatic hydroxyl groups is 1. The van der Waals surface area contributed by atoms with E-state index >= 15 is 0 Å². The molecule has 0 unspecified atom stereocenters. The van der Waals surface area contributed by atoms with E-state index in [4.69, 9.17) is 0 Å². The number of nitrogens with one attached hydrogen (secondary N) is 1. The van der Waals surface area contributed by atoms with Gasteiger partial charge in [0.15, 0.2) is 0 Å². The quantitative estimate of drug-likeness (QED) is 0.550. The first-order chi connectivity index (χ1) is 13.0. The molecule has 0 saturated carbocycles. The van der Waals surface area contributed by atoms with Crippen molar-refractivity contribution in [3.8, 4) is 27.4 Å². The van der Waals surface area contributed by atoms with Gasteiger partial charge < -0.3 is 5.11 Å². The minimum Gasteiger partial charge on any atom is -0.493 e. The van der Waals surface area contributed by atoms with E-state index in [1.54, 1.807) is 6.07 Å². The molecule has 0 aliphatic rings. The maximum absolute atomic E-state index is 12.9. The fraction of sp³-hybridized carbons (Fsp3) is 0. The highest BCUT2D eigenvalue weighted by atomic mass is 32.2. The van der Waals surface area contributed by atoms with Crippen LogP contribution in [0.25, 0.3) is 21.6 Å². The summed E-state index contributed by atoms with van der Waals surface area (Å²) >= 11 is 1.08. The van der Waals surface area contributed by atoms with Gasteiger partial charge >= 0.3 is 5.69 Å². The molecule has 2 heterocycles. The number of H-pyrrole nitrogens is 1. The lowest BCUT2D eigenvalue weighted by Gasteiger charge is -2.03. The van der Waals surface area contributed by atoms with Crippen LogP contribution < -0.4 is 5.69 Å². The van der Waals surface area contributed by atoms with Crippen molar-refractivity contribution in [1.29, 1.82) is 0 Å². The number of nitrogens with zero attached hydrogens (tertiary/aromatic N) is 1. The van der Waals surface area contributed by atoms with Crippen LogP contribution in [0.15, 0.2) is 81.9 Å². The van der Waals surface area contributed by atoms with Crippen LogP contribution in [0, 0.1) is 0 Å². The highest BCUT2D eigenvalue weighted by Crippen LogP contribution is 2.41. The van der Waals surface area contributed by atoms with Gasteiger partial charge in [0.1, 0.15) is 4.21 Å². The van der Waals surface area contributed by atoms with Gasteiger partial charge in [-0.15, -0.1) is 11.3 Å². The SMILES string of the molecule is O=c1[nH]c(O)cn1S(=O)(=O)c1cc(-c2ccccc2)c(-c2ccccc2)s1. The summed E-state index contributed by atoms with van der Waals surface area (Å²) in [6.45, 7) is 0. The van der Waals surface area contributed by atoms with E-state index < -0.39 is 21.6 Å². The third-order valence-corrected chi connectivity index (χ3v) is 7.29. The summed E-state index contributed by atoms with van der Waals surface area (Å²) in [5, 5.41) is 9.42. The molecule has 2 N–H and O–H groups in total. The number of hydrogen-bond acceptors (Lipinski definition) is 5. The minimum absolute atomic E-state index is 0.0151. The molecule has 0 spiro atoms. The van der Waals surface area contributed by atoms with Crippen LogP contribution in [-0.2, 0) is 10.0 Å². The first-order valence-electron chi connectivity index (χ1n) is 7.98. The van der Waals surface area contributed by atoms with E-state index in [-0.39, 0.29) is 4.21 Å². The average Bonchev–Trinajstić information content (AvgIpc) is 3.27. The minimum atomic E-state index is -4.14. The standard InChI is InChI=1S/C19H14N2O4S2/c22-16-12-21(19(23)20-16)27(24,25)17-11-15(13-7-3-1-4-8-13)18(26-17)14-9-5-2-6-10-14/h1-12,22H,(H,20,23). The molecule has 2 aromatic heterocycles. The van der Waals surface area contributed by atoms with Crippen molar-refractivity contribution in [3.63, 3.8) is 0 Å². The van der Waals surface area contributed by atoms with Gasteiger partial charge in [-0.1, -0.05) is 60.7 Å². The molecule has 4 rings (SSSR count). The van der Waals surface area contributed by atoms with Crippen LogP contribution in [0.4, 0.5) is 0 Å². The van der Waals surface area contributed by atoms with E-state index in [9.17, 15) is 18.3 Å². The molecule has 136 valence electrons. The van der Waals surface area contributed by atoms with Crippen molar-refractivity contribution in [3.05, 3.63) is 83.4 Å². The lowest BCUT2D eigenvalue weighted by atomic mass is 10.0. The Kier molecular flexibility index (Phi) is 4.21. The van der Waals surface area contributed by atoms with Crippen LogP contribution in [0.5, 0.6) is 5.88 Å². The Hall–Kier alpha value is -3.10. The van der Waals surface area contributed by atoms with Crippen molar-refractivity contribution in [2.75, 3.05) is 0 Å². The molecule has 0 aliphatic carbocycles. The first-order valence-corrected chi connectivity index (χ1v) is 10.2. The van der Waals surface area contributed by atoms with E-state index in [0.717, 1.165) is 39.1 Å². The molecule has 0 amide bonds. The monoisotopic (exact) mass is 398 g/mol. The normalized spacial score (nSPS) is 11.6. The predicted octanol–water partition coefficient (Wildman–Crippen LogP) is 3.51. The Bertz CT molecular complexity index is 1200. The van der Waals surface area contributed by atoms with Crippen LogP contribution in [-0.4, -0.2) is 22.5 Å². The lowest BCUT2D eigenvalue weighted by Crippen LogP contribution is -2.23. The summed E-state index contributed by atoms with van der Waals surface area (Å²) in [5.74, 6) is -0.508. The second kappa shape index (κ2) is 6.57. The third-order valence-electron chi connectivity index (χ3n) is 4.02. The summed E-state index contributed by atoms with van der Waals surface area (Å²) in [6.07, 6.45) is 0.863. The Balaban J connectivity index is 1.95. The Morgan fingerprint density at radius 1 is 0.926 bits per heavy atom. The highest BCUT2D eigenvalue weighted by Gasteiger charge is 2.25. The van der Waals surface area contributed by atoms with Gasteiger partial charge in [-0.3, -0.25) is 4.98 Å². The van der Waals surface area contributed by atoms with E-state index in [2.05, 4.69) is 4.98 Å². The second-order valence-electron chi connectivity index (χ2n) is 5.79. The summed E-state index contributed by atoms with van der Waals surface area (Å²) in [5.41, 5.74) is 1.60. The molecular formula is C19H14N2O4S2. The fourth-order valence-electron chi connectivity index (χ4n) is 2.77. The molecular weight excluding hydrogens is 384 g/mol. The van der Waals surface area contributed by atoms with Crippen molar-refractivity contribution < 1.29 is 13.5 Å². The van der Waals surface area contributed by atoms with Crippen LogP contribution in [0.3, 0.4) is 0 Å². The highest BCUT2D eigenvalue weighted by molar-refractivity contribution is 7.92. The summed E-state index contributed by atoms with van der Waals surface area (Å²) in [7, 11) is -4.14. The molecule has 6 nitrogen and oxygen atoms in total. The molecule has 0 aliphatic heterocycles. The zero-order valence-electron chi connectivity index (χ0n) is 13.9. The van der Waals surface area contributed by atoms with Gasteiger partial charge in [0, 0.05) is 10.4 Å². The average molecular weight is 398 g/mol. The number of hydrogen-bond donors (Lipinski definition) is 2. The van der Waals surface area contributed by atoms with E-state index in [1.165, 1.54) is 0 Å². The van der Waals surface area contributed by atoms with Crippen LogP contribution >= 0.6 is 11.3 Å². The zero-order valence-corrected chi connectivity index (χ0v) is 15.5. The molecule has 27 heavy (non-hydrogen) atoms. The Morgan fingerprint density at radius 2 is 1.52 bits per heavy atom.